The van der Waals surface area contributed by atoms with Gasteiger partial charge in [-0.3, -0.25) is 0 Å². The first-order valence-electron chi connectivity index (χ1n) is 6.27. The molecule has 1 unspecified atom stereocenters. The fraction of sp³-hybridized carbons (Fsp3) is 1.00. The van der Waals surface area contributed by atoms with E-state index in [9.17, 15) is 15.3 Å². The van der Waals surface area contributed by atoms with Crippen molar-refractivity contribution >= 4 is 0 Å². The van der Waals surface area contributed by atoms with Gasteiger partial charge in [0.15, 0.2) is 0 Å². The molecule has 4 nitrogen and oxygen atoms in total. The van der Waals surface area contributed by atoms with Crippen molar-refractivity contribution in [3.05, 3.63) is 0 Å². The van der Waals surface area contributed by atoms with Crippen LogP contribution in [-0.2, 0) is 4.74 Å². The SMILES string of the molecule is CCCCC(CC)[C@@H]1OC[C@@H](O)[C@H](O)[C@H]1O. The van der Waals surface area contributed by atoms with E-state index in [2.05, 4.69) is 13.8 Å². The van der Waals surface area contributed by atoms with Gasteiger partial charge in [0.05, 0.1) is 12.7 Å². The summed E-state index contributed by atoms with van der Waals surface area (Å²) in [5.41, 5.74) is 0. The van der Waals surface area contributed by atoms with Gasteiger partial charge in [-0.05, 0) is 12.3 Å². The molecule has 0 bridgehead atoms. The van der Waals surface area contributed by atoms with Crippen molar-refractivity contribution in [3.8, 4) is 0 Å². The van der Waals surface area contributed by atoms with Gasteiger partial charge in [0.2, 0.25) is 0 Å². The second-order valence-electron chi connectivity index (χ2n) is 4.66. The van der Waals surface area contributed by atoms with Crippen LogP contribution in [0.25, 0.3) is 0 Å². The van der Waals surface area contributed by atoms with E-state index in [-0.39, 0.29) is 18.6 Å². The summed E-state index contributed by atoms with van der Waals surface area (Å²) < 4.78 is 5.46. The molecule has 1 fully saturated rings. The molecular weight excluding hydrogens is 208 g/mol. The fourth-order valence-corrected chi connectivity index (χ4v) is 2.31. The normalized spacial score (nSPS) is 37.3. The van der Waals surface area contributed by atoms with E-state index < -0.39 is 18.3 Å². The van der Waals surface area contributed by atoms with Crippen molar-refractivity contribution in [1.82, 2.24) is 0 Å². The molecule has 0 aromatic carbocycles. The molecule has 4 heteroatoms. The van der Waals surface area contributed by atoms with E-state index in [1.165, 1.54) is 0 Å². The minimum absolute atomic E-state index is 0.117. The Labute approximate surface area is 97.2 Å². The Kier molecular flexibility index (Phi) is 5.69. The molecule has 5 atom stereocenters. The van der Waals surface area contributed by atoms with Crippen molar-refractivity contribution in [3.63, 3.8) is 0 Å². The first-order chi connectivity index (χ1) is 7.61. The van der Waals surface area contributed by atoms with E-state index in [4.69, 9.17) is 4.74 Å². The van der Waals surface area contributed by atoms with Crippen LogP contribution >= 0.6 is 0 Å². The van der Waals surface area contributed by atoms with E-state index in [1.54, 1.807) is 0 Å². The third kappa shape index (κ3) is 3.17. The zero-order valence-electron chi connectivity index (χ0n) is 10.2. The number of aliphatic hydroxyl groups is 3. The number of aliphatic hydroxyl groups excluding tert-OH is 3. The highest BCUT2D eigenvalue weighted by molar-refractivity contribution is 4.89. The van der Waals surface area contributed by atoms with Crippen molar-refractivity contribution in [2.75, 3.05) is 6.61 Å². The van der Waals surface area contributed by atoms with E-state index >= 15 is 0 Å². The number of hydrogen-bond acceptors (Lipinski definition) is 4. The molecule has 0 saturated carbocycles. The van der Waals surface area contributed by atoms with E-state index in [0.717, 1.165) is 25.7 Å². The molecule has 1 aliphatic rings. The van der Waals surface area contributed by atoms with Crippen LogP contribution in [0.5, 0.6) is 0 Å². The highest BCUT2D eigenvalue weighted by Gasteiger charge is 2.40. The molecule has 0 radical (unpaired) electrons. The lowest BCUT2D eigenvalue weighted by Crippen LogP contribution is -2.55. The zero-order chi connectivity index (χ0) is 12.1. The molecule has 1 aliphatic heterocycles. The smallest absolute Gasteiger partial charge is 0.111 e. The minimum atomic E-state index is -1.07. The summed E-state index contributed by atoms with van der Waals surface area (Å²) in [4.78, 5) is 0. The number of ether oxygens (including phenoxy) is 1. The standard InChI is InChI=1S/C12H24O4/c1-3-5-6-8(4-2)12-11(15)10(14)9(13)7-16-12/h8-15H,3-7H2,1-2H3/t8?,9-,10+,11-,12+/m1/s1. The number of hydrogen-bond donors (Lipinski definition) is 3. The molecular formula is C12H24O4. The van der Waals surface area contributed by atoms with Crippen molar-refractivity contribution in [2.24, 2.45) is 5.92 Å². The molecule has 16 heavy (non-hydrogen) atoms. The number of rotatable bonds is 5. The topological polar surface area (TPSA) is 69.9 Å². The molecule has 0 aromatic heterocycles. The molecule has 96 valence electrons. The van der Waals surface area contributed by atoms with Gasteiger partial charge in [0.1, 0.15) is 18.3 Å². The first kappa shape index (κ1) is 13.9. The maximum absolute atomic E-state index is 9.87. The van der Waals surface area contributed by atoms with Crippen LogP contribution in [0.4, 0.5) is 0 Å². The summed E-state index contributed by atoms with van der Waals surface area (Å²) in [5, 5.41) is 28.8. The Hall–Kier alpha value is -0.160. The van der Waals surface area contributed by atoms with Crippen LogP contribution in [0.15, 0.2) is 0 Å². The van der Waals surface area contributed by atoms with Crippen LogP contribution in [0.1, 0.15) is 39.5 Å². The van der Waals surface area contributed by atoms with Gasteiger partial charge in [-0.15, -0.1) is 0 Å². The third-order valence-electron chi connectivity index (χ3n) is 3.46. The molecule has 0 amide bonds. The first-order valence-corrected chi connectivity index (χ1v) is 6.27. The van der Waals surface area contributed by atoms with E-state index in [0.29, 0.717) is 0 Å². The molecule has 0 spiro atoms. The van der Waals surface area contributed by atoms with Crippen LogP contribution in [0, 0.1) is 5.92 Å². The zero-order valence-corrected chi connectivity index (χ0v) is 10.2. The van der Waals surface area contributed by atoms with Gasteiger partial charge in [-0.25, -0.2) is 0 Å². The predicted molar refractivity (Wildman–Crippen MR) is 61.1 cm³/mol. The monoisotopic (exact) mass is 232 g/mol. The molecule has 1 saturated heterocycles. The average Bonchev–Trinajstić information content (AvgIpc) is 2.29. The van der Waals surface area contributed by atoms with Crippen molar-refractivity contribution in [2.45, 2.75) is 63.9 Å². The van der Waals surface area contributed by atoms with Crippen LogP contribution < -0.4 is 0 Å². The minimum Gasteiger partial charge on any atom is -0.388 e. The summed E-state index contributed by atoms with van der Waals surface area (Å²) in [5.74, 6) is 0.261. The summed E-state index contributed by atoms with van der Waals surface area (Å²) in [6, 6.07) is 0. The lowest BCUT2D eigenvalue weighted by Gasteiger charge is -2.39. The van der Waals surface area contributed by atoms with Crippen molar-refractivity contribution in [1.29, 1.82) is 0 Å². The van der Waals surface area contributed by atoms with Crippen LogP contribution in [-0.4, -0.2) is 46.3 Å². The van der Waals surface area contributed by atoms with Gasteiger partial charge in [0, 0.05) is 0 Å². The summed E-state index contributed by atoms with van der Waals surface area (Å²) >= 11 is 0. The Bertz CT molecular complexity index is 197. The largest absolute Gasteiger partial charge is 0.388 e. The molecule has 1 heterocycles. The van der Waals surface area contributed by atoms with Gasteiger partial charge < -0.3 is 20.1 Å². The Balaban J connectivity index is 2.56. The van der Waals surface area contributed by atoms with Crippen LogP contribution in [0.2, 0.25) is 0 Å². The van der Waals surface area contributed by atoms with Gasteiger partial charge in [-0.1, -0.05) is 33.1 Å². The quantitative estimate of drug-likeness (QED) is 0.652. The molecule has 0 aliphatic carbocycles. The maximum atomic E-state index is 9.87. The second-order valence-corrected chi connectivity index (χ2v) is 4.66. The maximum Gasteiger partial charge on any atom is 0.111 e. The highest BCUT2D eigenvalue weighted by Crippen LogP contribution is 2.27. The Morgan fingerprint density at radius 2 is 1.88 bits per heavy atom. The average molecular weight is 232 g/mol. The number of unbranched alkanes of at least 4 members (excludes halogenated alkanes) is 1. The summed E-state index contributed by atoms with van der Waals surface area (Å²) in [6.45, 7) is 4.31. The lowest BCUT2D eigenvalue weighted by atomic mass is 9.85. The van der Waals surface area contributed by atoms with Crippen molar-refractivity contribution < 1.29 is 20.1 Å². The molecule has 1 rings (SSSR count). The third-order valence-corrected chi connectivity index (χ3v) is 3.46. The summed E-state index contributed by atoms with van der Waals surface area (Å²) in [6.07, 6.45) is 0.793. The van der Waals surface area contributed by atoms with Crippen LogP contribution in [0.3, 0.4) is 0 Å². The Morgan fingerprint density at radius 3 is 2.44 bits per heavy atom. The highest BCUT2D eigenvalue weighted by atomic mass is 16.5. The fourth-order valence-electron chi connectivity index (χ4n) is 2.31. The Morgan fingerprint density at radius 1 is 1.19 bits per heavy atom. The lowest BCUT2D eigenvalue weighted by molar-refractivity contribution is -0.201. The molecule has 0 aromatic rings. The second kappa shape index (κ2) is 6.55. The van der Waals surface area contributed by atoms with Gasteiger partial charge in [-0.2, -0.15) is 0 Å². The predicted octanol–water partition coefficient (Wildman–Crippen LogP) is 0.684. The summed E-state index contributed by atoms with van der Waals surface area (Å²) in [7, 11) is 0. The van der Waals surface area contributed by atoms with Gasteiger partial charge >= 0.3 is 0 Å². The van der Waals surface area contributed by atoms with E-state index in [1.807, 2.05) is 0 Å². The van der Waals surface area contributed by atoms with Gasteiger partial charge in [0.25, 0.3) is 0 Å². The molecule has 3 N–H and O–H groups in total.